The van der Waals surface area contributed by atoms with Crippen molar-refractivity contribution in [3.05, 3.63) is 35.4 Å². The van der Waals surface area contributed by atoms with Gasteiger partial charge in [-0.2, -0.15) is 0 Å². The Hall–Kier alpha value is -0.820. The molecule has 1 aromatic carbocycles. The van der Waals surface area contributed by atoms with Gasteiger partial charge in [0.2, 0.25) is 0 Å². The predicted octanol–water partition coefficient (Wildman–Crippen LogP) is 4.71. The van der Waals surface area contributed by atoms with Crippen molar-refractivity contribution in [3.63, 3.8) is 0 Å². The Bertz CT molecular complexity index is 429. The van der Waals surface area contributed by atoms with E-state index in [-0.39, 0.29) is 5.54 Å². The summed E-state index contributed by atoms with van der Waals surface area (Å²) in [5, 5.41) is 0. The Labute approximate surface area is 117 Å². The van der Waals surface area contributed by atoms with Crippen LogP contribution in [0.15, 0.2) is 24.3 Å². The Morgan fingerprint density at radius 1 is 0.947 bits per heavy atom. The second kappa shape index (κ2) is 4.63. The second-order valence-electron chi connectivity index (χ2n) is 7.35. The van der Waals surface area contributed by atoms with E-state index in [9.17, 15) is 0 Å². The van der Waals surface area contributed by atoms with Gasteiger partial charge in [-0.25, -0.2) is 0 Å². The number of hydrogen-bond donors (Lipinski definition) is 1. The van der Waals surface area contributed by atoms with Crippen molar-refractivity contribution in [2.24, 2.45) is 11.1 Å². The molecule has 0 unspecified atom stereocenters. The highest BCUT2D eigenvalue weighted by Crippen LogP contribution is 2.59. The minimum atomic E-state index is -0.0349. The van der Waals surface area contributed by atoms with Crippen molar-refractivity contribution in [2.75, 3.05) is 0 Å². The fourth-order valence-corrected chi connectivity index (χ4v) is 4.35. The number of benzene rings is 1. The molecule has 1 heteroatoms. The van der Waals surface area contributed by atoms with Gasteiger partial charge in [0.1, 0.15) is 0 Å². The monoisotopic (exact) mass is 257 g/mol. The highest BCUT2D eigenvalue weighted by Gasteiger charge is 2.52. The van der Waals surface area contributed by atoms with Gasteiger partial charge < -0.3 is 5.73 Å². The van der Waals surface area contributed by atoms with Crippen LogP contribution in [0.5, 0.6) is 0 Å². The molecule has 0 saturated heterocycles. The van der Waals surface area contributed by atoms with E-state index in [1.54, 1.807) is 0 Å². The van der Waals surface area contributed by atoms with Crippen LogP contribution in [0, 0.1) is 5.41 Å². The molecular formula is C18H27N. The Kier molecular flexibility index (Phi) is 3.21. The molecule has 0 amide bonds. The number of hydrogen-bond acceptors (Lipinski definition) is 1. The third-order valence-electron chi connectivity index (χ3n) is 5.45. The number of rotatable bonds is 2. The molecule has 0 aliphatic heterocycles. The van der Waals surface area contributed by atoms with Crippen LogP contribution in [0.2, 0.25) is 0 Å². The standard InChI is InChI=1S/C18H27N/c1-14(2)15-6-8-16(9-7-15)18(19)12-17(13-18)10-4-3-5-11-17/h6-9,14H,3-5,10-13,19H2,1-2H3. The van der Waals surface area contributed by atoms with Crippen LogP contribution in [-0.2, 0) is 5.54 Å². The first kappa shape index (κ1) is 13.2. The smallest absolute Gasteiger partial charge is 0.0420 e. The van der Waals surface area contributed by atoms with E-state index < -0.39 is 0 Å². The lowest BCUT2D eigenvalue weighted by atomic mass is 9.51. The minimum absolute atomic E-state index is 0.0349. The summed E-state index contributed by atoms with van der Waals surface area (Å²) in [6.07, 6.45) is 9.52. The Morgan fingerprint density at radius 3 is 2.05 bits per heavy atom. The first-order valence-electron chi connectivity index (χ1n) is 7.92. The molecule has 0 bridgehead atoms. The summed E-state index contributed by atoms with van der Waals surface area (Å²) in [4.78, 5) is 0. The molecule has 1 spiro atoms. The summed E-state index contributed by atoms with van der Waals surface area (Å²) in [7, 11) is 0. The molecule has 0 aromatic heterocycles. The van der Waals surface area contributed by atoms with Crippen molar-refractivity contribution in [1.82, 2.24) is 0 Å². The molecule has 2 aliphatic carbocycles. The van der Waals surface area contributed by atoms with Gasteiger partial charge in [0, 0.05) is 5.54 Å². The molecule has 0 heterocycles. The molecular weight excluding hydrogens is 230 g/mol. The van der Waals surface area contributed by atoms with Crippen LogP contribution in [0.25, 0.3) is 0 Å². The fourth-order valence-electron chi connectivity index (χ4n) is 4.35. The second-order valence-corrected chi connectivity index (χ2v) is 7.35. The van der Waals surface area contributed by atoms with Gasteiger partial charge in [-0.15, -0.1) is 0 Å². The third kappa shape index (κ3) is 2.33. The lowest BCUT2D eigenvalue weighted by Gasteiger charge is -2.57. The maximum absolute atomic E-state index is 6.66. The van der Waals surface area contributed by atoms with Crippen LogP contribution in [0.3, 0.4) is 0 Å². The Balaban J connectivity index is 1.72. The summed E-state index contributed by atoms with van der Waals surface area (Å²) in [6, 6.07) is 9.07. The van der Waals surface area contributed by atoms with Gasteiger partial charge in [-0.3, -0.25) is 0 Å². The summed E-state index contributed by atoms with van der Waals surface area (Å²) in [5.41, 5.74) is 9.99. The van der Waals surface area contributed by atoms with Gasteiger partial charge >= 0.3 is 0 Å². The van der Waals surface area contributed by atoms with Crippen molar-refractivity contribution < 1.29 is 0 Å². The maximum Gasteiger partial charge on any atom is 0.0420 e. The molecule has 2 N–H and O–H groups in total. The van der Waals surface area contributed by atoms with E-state index in [1.165, 1.54) is 56.1 Å². The van der Waals surface area contributed by atoms with Gasteiger partial charge in [0.15, 0.2) is 0 Å². The zero-order chi connectivity index (χ0) is 13.5. The average Bonchev–Trinajstić information content (AvgIpc) is 2.38. The molecule has 2 aliphatic rings. The summed E-state index contributed by atoms with van der Waals surface area (Å²) < 4.78 is 0. The average molecular weight is 257 g/mol. The first-order chi connectivity index (χ1) is 9.03. The van der Waals surface area contributed by atoms with Gasteiger partial charge in [-0.05, 0) is 48.1 Å². The van der Waals surface area contributed by atoms with Crippen molar-refractivity contribution in [2.45, 2.75) is 70.3 Å². The summed E-state index contributed by atoms with van der Waals surface area (Å²) in [6.45, 7) is 4.49. The highest BCUT2D eigenvalue weighted by molar-refractivity contribution is 5.33. The molecule has 2 fully saturated rings. The quantitative estimate of drug-likeness (QED) is 0.816. The lowest BCUT2D eigenvalue weighted by molar-refractivity contribution is -0.00991. The van der Waals surface area contributed by atoms with Gasteiger partial charge in [0.05, 0.1) is 0 Å². The predicted molar refractivity (Wildman–Crippen MR) is 81.1 cm³/mol. The highest BCUT2D eigenvalue weighted by atomic mass is 14.8. The van der Waals surface area contributed by atoms with Crippen molar-refractivity contribution in [1.29, 1.82) is 0 Å². The molecule has 104 valence electrons. The van der Waals surface area contributed by atoms with E-state index >= 15 is 0 Å². The third-order valence-corrected chi connectivity index (χ3v) is 5.45. The molecule has 2 saturated carbocycles. The van der Waals surface area contributed by atoms with E-state index in [0.717, 1.165) is 0 Å². The van der Waals surface area contributed by atoms with Crippen molar-refractivity contribution in [3.8, 4) is 0 Å². The van der Waals surface area contributed by atoms with Crippen LogP contribution >= 0.6 is 0 Å². The fraction of sp³-hybridized carbons (Fsp3) is 0.667. The topological polar surface area (TPSA) is 26.0 Å². The molecule has 0 radical (unpaired) electrons. The first-order valence-corrected chi connectivity index (χ1v) is 7.92. The SMILES string of the molecule is CC(C)c1ccc(C2(N)CC3(CCCCC3)C2)cc1. The molecule has 0 atom stereocenters. The van der Waals surface area contributed by atoms with E-state index in [1.807, 2.05) is 0 Å². The normalized spacial score (nSPS) is 24.4. The number of nitrogens with two attached hydrogens (primary N) is 1. The molecule has 1 aromatic rings. The molecule has 19 heavy (non-hydrogen) atoms. The summed E-state index contributed by atoms with van der Waals surface area (Å²) >= 11 is 0. The van der Waals surface area contributed by atoms with Crippen LogP contribution in [-0.4, -0.2) is 0 Å². The largest absolute Gasteiger partial charge is 0.321 e. The molecule has 1 nitrogen and oxygen atoms in total. The van der Waals surface area contributed by atoms with Gasteiger partial charge in [-0.1, -0.05) is 57.4 Å². The van der Waals surface area contributed by atoms with Crippen molar-refractivity contribution >= 4 is 0 Å². The summed E-state index contributed by atoms with van der Waals surface area (Å²) in [5.74, 6) is 0.605. The maximum atomic E-state index is 6.66. The molecule has 3 rings (SSSR count). The zero-order valence-electron chi connectivity index (χ0n) is 12.4. The van der Waals surface area contributed by atoms with E-state index in [0.29, 0.717) is 11.3 Å². The van der Waals surface area contributed by atoms with E-state index in [2.05, 4.69) is 38.1 Å². The van der Waals surface area contributed by atoms with Crippen LogP contribution in [0.4, 0.5) is 0 Å². The van der Waals surface area contributed by atoms with E-state index in [4.69, 9.17) is 5.73 Å². The lowest BCUT2D eigenvalue weighted by Crippen LogP contribution is -2.56. The van der Waals surface area contributed by atoms with Gasteiger partial charge in [0.25, 0.3) is 0 Å². The Morgan fingerprint density at radius 2 is 1.53 bits per heavy atom. The van der Waals surface area contributed by atoms with Crippen LogP contribution in [0.1, 0.15) is 75.8 Å². The minimum Gasteiger partial charge on any atom is -0.321 e. The zero-order valence-corrected chi connectivity index (χ0v) is 12.4. The van der Waals surface area contributed by atoms with Crippen LogP contribution < -0.4 is 5.73 Å².